The molecule has 1 fully saturated rings. The number of hydrogen-bond donors (Lipinski definition) is 1. The quantitative estimate of drug-likeness (QED) is 0.822. The molecule has 0 saturated heterocycles. The van der Waals surface area contributed by atoms with Crippen LogP contribution in [-0.2, 0) is 6.42 Å². The maximum Gasteiger partial charge on any atom is 0.143 e. The first-order chi connectivity index (χ1) is 8.76. The number of nitrogens with one attached hydrogen (secondary N) is 1. The molecule has 0 aromatic carbocycles. The number of hydrogen-bond acceptors (Lipinski definition) is 3. The second kappa shape index (κ2) is 6.68. The third kappa shape index (κ3) is 3.13. The van der Waals surface area contributed by atoms with Crippen LogP contribution in [-0.4, -0.2) is 17.0 Å². The van der Waals surface area contributed by atoms with Crippen molar-refractivity contribution in [2.24, 2.45) is 0 Å². The first kappa shape index (κ1) is 14.0. The molecule has 1 aliphatic rings. The van der Waals surface area contributed by atoms with Gasteiger partial charge in [-0.15, -0.1) is 0 Å². The van der Waals surface area contributed by atoms with Crippen LogP contribution in [0.4, 0.5) is 5.82 Å². The number of aromatic nitrogens is 2. The summed E-state index contributed by atoms with van der Waals surface area (Å²) in [5.41, 5.74) is 1.22. The zero-order chi connectivity index (χ0) is 13.0. The van der Waals surface area contributed by atoms with Gasteiger partial charge in [-0.2, -0.15) is 0 Å². The molecule has 0 radical (unpaired) electrons. The molecule has 3 nitrogen and oxygen atoms in total. The van der Waals surface area contributed by atoms with E-state index in [1.165, 1.54) is 41.4 Å². The van der Waals surface area contributed by atoms with Crippen LogP contribution in [0.5, 0.6) is 0 Å². The Labute approximate surface area is 123 Å². The number of nitrogens with zero attached hydrogens (tertiary/aromatic N) is 2. The fourth-order valence-corrected chi connectivity index (χ4v) is 3.40. The third-order valence-corrected chi connectivity index (χ3v) is 4.76. The SMILES string of the molecule is CCCc1nc(C2CCCCC2)nc(NC)c1I. The average molecular weight is 359 g/mol. The Morgan fingerprint density at radius 1 is 1.22 bits per heavy atom. The van der Waals surface area contributed by atoms with Gasteiger partial charge in [0.05, 0.1) is 9.26 Å². The summed E-state index contributed by atoms with van der Waals surface area (Å²) in [6, 6.07) is 0. The lowest BCUT2D eigenvalue weighted by Gasteiger charge is -2.21. The molecular formula is C14H22IN3. The summed E-state index contributed by atoms with van der Waals surface area (Å²) in [4.78, 5) is 9.56. The van der Waals surface area contributed by atoms with Crippen molar-refractivity contribution in [3.63, 3.8) is 0 Å². The lowest BCUT2D eigenvalue weighted by atomic mass is 9.88. The van der Waals surface area contributed by atoms with Gasteiger partial charge >= 0.3 is 0 Å². The van der Waals surface area contributed by atoms with Crippen molar-refractivity contribution in [3.8, 4) is 0 Å². The Balaban J connectivity index is 2.31. The van der Waals surface area contributed by atoms with Crippen molar-refractivity contribution in [2.45, 2.75) is 57.8 Å². The molecule has 1 saturated carbocycles. The zero-order valence-corrected chi connectivity index (χ0v) is 13.5. The van der Waals surface area contributed by atoms with E-state index in [-0.39, 0.29) is 0 Å². The largest absolute Gasteiger partial charge is 0.372 e. The van der Waals surface area contributed by atoms with Crippen LogP contribution in [0.2, 0.25) is 0 Å². The molecule has 0 aliphatic heterocycles. The van der Waals surface area contributed by atoms with Gasteiger partial charge in [-0.1, -0.05) is 32.6 Å². The first-order valence-corrected chi connectivity index (χ1v) is 8.08. The van der Waals surface area contributed by atoms with Crippen molar-refractivity contribution in [2.75, 3.05) is 12.4 Å². The number of halogens is 1. The van der Waals surface area contributed by atoms with E-state index in [1.807, 2.05) is 7.05 Å². The molecule has 1 heterocycles. The van der Waals surface area contributed by atoms with Crippen LogP contribution in [0.25, 0.3) is 0 Å². The lowest BCUT2D eigenvalue weighted by Crippen LogP contribution is -2.13. The van der Waals surface area contributed by atoms with Crippen molar-refractivity contribution in [1.82, 2.24) is 9.97 Å². The van der Waals surface area contributed by atoms with E-state index in [2.05, 4.69) is 34.8 Å². The molecule has 18 heavy (non-hydrogen) atoms. The average Bonchev–Trinajstić information content (AvgIpc) is 2.42. The summed E-state index contributed by atoms with van der Waals surface area (Å²) < 4.78 is 1.19. The molecule has 0 atom stereocenters. The van der Waals surface area contributed by atoms with Crippen LogP contribution in [0, 0.1) is 3.57 Å². The van der Waals surface area contributed by atoms with Gasteiger partial charge in [0, 0.05) is 13.0 Å². The van der Waals surface area contributed by atoms with E-state index in [4.69, 9.17) is 9.97 Å². The second-order valence-corrected chi connectivity index (χ2v) is 6.10. The van der Waals surface area contributed by atoms with E-state index in [9.17, 15) is 0 Å². The standard InChI is InChI=1S/C14H22IN3/c1-3-7-11-12(15)14(16-2)18-13(17-11)10-8-5-4-6-9-10/h10H,3-9H2,1-2H3,(H,16,17,18). The summed E-state index contributed by atoms with van der Waals surface area (Å²) in [5, 5.41) is 3.21. The molecular weight excluding hydrogens is 337 g/mol. The summed E-state index contributed by atoms with van der Waals surface area (Å²) in [7, 11) is 1.95. The van der Waals surface area contributed by atoms with Crippen molar-refractivity contribution >= 4 is 28.4 Å². The highest BCUT2D eigenvalue weighted by atomic mass is 127. The molecule has 1 aliphatic carbocycles. The van der Waals surface area contributed by atoms with E-state index >= 15 is 0 Å². The summed E-state index contributed by atoms with van der Waals surface area (Å²) in [6.45, 7) is 2.21. The number of anilines is 1. The van der Waals surface area contributed by atoms with E-state index < -0.39 is 0 Å². The number of aryl methyl sites for hydroxylation is 1. The maximum atomic E-state index is 4.84. The molecule has 0 bridgehead atoms. The highest BCUT2D eigenvalue weighted by Crippen LogP contribution is 2.32. The van der Waals surface area contributed by atoms with Gasteiger partial charge in [0.1, 0.15) is 11.6 Å². The fourth-order valence-electron chi connectivity index (χ4n) is 2.62. The van der Waals surface area contributed by atoms with Gasteiger partial charge in [-0.25, -0.2) is 9.97 Å². The van der Waals surface area contributed by atoms with Gasteiger partial charge in [-0.3, -0.25) is 0 Å². The summed E-state index contributed by atoms with van der Waals surface area (Å²) >= 11 is 2.36. The smallest absolute Gasteiger partial charge is 0.143 e. The lowest BCUT2D eigenvalue weighted by molar-refractivity contribution is 0.427. The molecule has 0 spiro atoms. The van der Waals surface area contributed by atoms with Crippen LogP contribution >= 0.6 is 22.6 Å². The highest BCUT2D eigenvalue weighted by Gasteiger charge is 2.20. The predicted molar refractivity (Wildman–Crippen MR) is 84.1 cm³/mol. The monoisotopic (exact) mass is 359 g/mol. The Kier molecular flexibility index (Phi) is 5.21. The molecule has 0 amide bonds. The Bertz CT molecular complexity index is 400. The van der Waals surface area contributed by atoms with Crippen LogP contribution < -0.4 is 5.32 Å². The van der Waals surface area contributed by atoms with E-state index in [0.29, 0.717) is 5.92 Å². The fraction of sp³-hybridized carbons (Fsp3) is 0.714. The molecule has 1 N–H and O–H groups in total. The predicted octanol–water partition coefficient (Wildman–Crippen LogP) is 4.12. The molecule has 4 heteroatoms. The van der Waals surface area contributed by atoms with Crippen molar-refractivity contribution in [1.29, 1.82) is 0 Å². The van der Waals surface area contributed by atoms with Crippen molar-refractivity contribution < 1.29 is 0 Å². The highest BCUT2D eigenvalue weighted by molar-refractivity contribution is 14.1. The summed E-state index contributed by atoms with van der Waals surface area (Å²) in [5.74, 6) is 2.66. The topological polar surface area (TPSA) is 37.8 Å². The van der Waals surface area contributed by atoms with Crippen molar-refractivity contribution in [3.05, 3.63) is 15.1 Å². The normalized spacial score (nSPS) is 16.8. The Morgan fingerprint density at radius 2 is 1.94 bits per heavy atom. The van der Waals surface area contributed by atoms with Crippen LogP contribution in [0.3, 0.4) is 0 Å². The van der Waals surface area contributed by atoms with Gasteiger partial charge in [0.2, 0.25) is 0 Å². The van der Waals surface area contributed by atoms with E-state index in [0.717, 1.165) is 24.5 Å². The number of rotatable bonds is 4. The minimum Gasteiger partial charge on any atom is -0.372 e. The minimum absolute atomic E-state index is 0.582. The zero-order valence-electron chi connectivity index (χ0n) is 11.3. The van der Waals surface area contributed by atoms with Gasteiger partial charge < -0.3 is 5.32 Å². The Morgan fingerprint density at radius 3 is 2.56 bits per heavy atom. The van der Waals surface area contributed by atoms with Gasteiger partial charge in [-0.05, 0) is 41.9 Å². The van der Waals surface area contributed by atoms with Crippen LogP contribution in [0.15, 0.2) is 0 Å². The molecule has 1 aromatic heterocycles. The third-order valence-electron chi connectivity index (χ3n) is 3.63. The van der Waals surface area contributed by atoms with Gasteiger partial charge in [0.25, 0.3) is 0 Å². The van der Waals surface area contributed by atoms with Crippen LogP contribution in [0.1, 0.15) is 62.9 Å². The molecule has 0 unspecified atom stereocenters. The molecule has 1 aromatic rings. The molecule has 2 rings (SSSR count). The second-order valence-electron chi connectivity index (χ2n) is 5.03. The van der Waals surface area contributed by atoms with Gasteiger partial charge in [0.15, 0.2) is 0 Å². The first-order valence-electron chi connectivity index (χ1n) is 7.00. The maximum absolute atomic E-state index is 4.84. The van der Waals surface area contributed by atoms with E-state index in [1.54, 1.807) is 0 Å². The summed E-state index contributed by atoms with van der Waals surface area (Å²) in [6.07, 6.45) is 8.75. The molecule has 100 valence electrons. The minimum atomic E-state index is 0.582. The Hall–Kier alpha value is -0.390.